The molecule has 0 aliphatic heterocycles. The zero-order chi connectivity index (χ0) is 8.81. The Bertz CT molecular complexity index is 209. The normalized spacial score (nSPS) is 12.8. The van der Waals surface area contributed by atoms with E-state index in [1.54, 1.807) is 5.48 Å². The van der Waals surface area contributed by atoms with Gasteiger partial charge in [-0.05, 0) is 12.0 Å². The number of nitrogens with one attached hydrogen (secondary N) is 1. The molecule has 0 spiro atoms. The SMILES string of the molecule is [O-]N[C@H](CO)Cc1ccccc1. The van der Waals surface area contributed by atoms with E-state index in [4.69, 9.17) is 5.11 Å². The van der Waals surface area contributed by atoms with Crippen molar-refractivity contribution >= 4 is 0 Å². The molecule has 1 atom stereocenters. The molecule has 1 rings (SSSR count). The van der Waals surface area contributed by atoms with Crippen molar-refractivity contribution in [3.05, 3.63) is 41.1 Å². The lowest BCUT2D eigenvalue weighted by atomic mass is 10.1. The minimum absolute atomic E-state index is 0.127. The minimum atomic E-state index is -0.382. The largest absolute Gasteiger partial charge is 0.787 e. The second kappa shape index (κ2) is 4.87. The van der Waals surface area contributed by atoms with Gasteiger partial charge in [-0.3, -0.25) is 0 Å². The van der Waals surface area contributed by atoms with Crippen LogP contribution in [0.25, 0.3) is 0 Å². The van der Waals surface area contributed by atoms with Gasteiger partial charge in [0.25, 0.3) is 0 Å². The highest BCUT2D eigenvalue weighted by atomic mass is 16.5. The average Bonchev–Trinajstić information content (AvgIpc) is 2.16. The van der Waals surface area contributed by atoms with Crippen molar-refractivity contribution in [3.63, 3.8) is 0 Å². The van der Waals surface area contributed by atoms with Crippen molar-refractivity contribution in [2.24, 2.45) is 0 Å². The molecule has 2 N–H and O–H groups in total. The van der Waals surface area contributed by atoms with Crippen LogP contribution in [0.4, 0.5) is 0 Å². The Morgan fingerprint density at radius 3 is 2.50 bits per heavy atom. The molecule has 0 amide bonds. The van der Waals surface area contributed by atoms with Crippen molar-refractivity contribution in [3.8, 4) is 0 Å². The summed E-state index contributed by atoms with van der Waals surface area (Å²) in [6.45, 7) is -0.127. The van der Waals surface area contributed by atoms with Crippen molar-refractivity contribution < 1.29 is 5.11 Å². The maximum atomic E-state index is 10.3. The maximum Gasteiger partial charge on any atom is 0.0579 e. The van der Waals surface area contributed by atoms with Gasteiger partial charge in [0.15, 0.2) is 0 Å². The molecular formula is C9H12NO2-. The fourth-order valence-electron chi connectivity index (χ4n) is 1.04. The van der Waals surface area contributed by atoms with Crippen LogP contribution in [0.1, 0.15) is 5.56 Å². The first-order valence-corrected chi connectivity index (χ1v) is 3.89. The van der Waals surface area contributed by atoms with Gasteiger partial charge in [-0.15, -0.1) is 0 Å². The van der Waals surface area contributed by atoms with Crippen molar-refractivity contribution in [2.45, 2.75) is 12.5 Å². The van der Waals surface area contributed by atoms with Gasteiger partial charge in [-0.1, -0.05) is 30.3 Å². The van der Waals surface area contributed by atoms with Crippen LogP contribution in [0.5, 0.6) is 0 Å². The molecule has 0 bridgehead atoms. The lowest BCUT2D eigenvalue weighted by Gasteiger charge is -2.19. The Morgan fingerprint density at radius 2 is 2.00 bits per heavy atom. The lowest BCUT2D eigenvalue weighted by molar-refractivity contribution is 0.252. The van der Waals surface area contributed by atoms with E-state index in [1.165, 1.54) is 0 Å². The van der Waals surface area contributed by atoms with Gasteiger partial charge in [-0.2, -0.15) is 0 Å². The second-order valence-corrected chi connectivity index (χ2v) is 2.69. The Hall–Kier alpha value is -0.900. The van der Waals surface area contributed by atoms with Crippen LogP contribution in [0.15, 0.2) is 30.3 Å². The van der Waals surface area contributed by atoms with E-state index in [-0.39, 0.29) is 12.6 Å². The molecule has 12 heavy (non-hydrogen) atoms. The number of aliphatic hydroxyl groups is 1. The van der Waals surface area contributed by atoms with Crippen LogP contribution in [0, 0.1) is 5.21 Å². The first kappa shape index (κ1) is 9.19. The zero-order valence-corrected chi connectivity index (χ0v) is 6.73. The van der Waals surface area contributed by atoms with Gasteiger partial charge in [-0.25, -0.2) is 0 Å². The molecule has 0 radical (unpaired) electrons. The van der Waals surface area contributed by atoms with E-state index in [0.717, 1.165) is 5.56 Å². The van der Waals surface area contributed by atoms with Gasteiger partial charge in [0.05, 0.1) is 6.61 Å². The number of hydrogen-bond donors (Lipinski definition) is 2. The molecule has 1 aromatic carbocycles. The third kappa shape index (κ3) is 2.62. The summed E-state index contributed by atoms with van der Waals surface area (Å²) in [5.74, 6) is 0. The van der Waals surface area contributed by atoms with Crippen LogP contribution >= 0.6 is 0 Å². The molecule has 3 heteroatoms. The minimum Gasteiger partial charge on any atom is -0.787 e. The molecule has 1 aromatic rings. The van der Waals surface area contributed by atoms with Crippen molar-refractivity contribution in [2.75, 3.05) is 6.61 Å². The Morgan fingerprint density at radius 1 is 1.33 bits per heavy atom. The van der Waals surface area contributed by atoms with Crippen LogP contribution < -0.4 is 5.48 Å². The summed E-state index contributed by atoms with van der Waals surface area (Å²) in [7, 11) is 0. The van der Waals surface area contributed by atoms with Crippen LogP contribution in [0.3, 0.4) is 0 Å². The third-order valence-electron chi connectivity index (χ3n) is 1.71. The van der Waals surface area contributed by atoms with Crippen molar-refractivity contribution in [1.82, 2.24) is 5.48 Å². The number of hydrogen-bond acceptors (Lipinski definition) is 3. The van der Waals surface area contributed by atoms with E-state index in [2.05, 4.69) is 0 Å². The quantitative estimate of drug-likeness (QED) is 0.646. The molecule has 0 aliphatic carbocycles. The zero-order valence-electron chi connectivity index (χ0n) is 6.73. The molecular weight excluding hydrogens is 154 g/mol. The molecule has 0 saturated heterocycles. The number of rotatable bonds is 4. The number of benzene rings is 1. The first-order chi connectivity index (χ1) is 5.86. The molecule has 0 unspecified atom stereocenters. The molecule has 3 nitrogen and oxygen atoms in total. The topological polar surface area (TPSA) is 55.3 Å². The highest BCUT2D eigenvalue weighted by Gasteiger charge is 2.01. The molecule has 0 saturated carbocycles. The Kier molecular flexibility index (Phi) is 3.73. The summed E-state index contributed by atoms with van der Waals surface area (Å²) in [5.41, 5.74) is 2.86. The van der Waals surface area contributed by atoms with Gasteiger partial charge in [0, 0.05) is 6.04 Å². The third-order valence-corrected chi connectivity index (χ3v) is 1.71. The number of hydroxylamine groups is 1. The standard InChI is InChI=1S/C9H12NO2/c11-7-9(10-12)6-8-4-2-1-3-5-8/h1-5,9-11H,6-7H2/q-1/t9-/m0/s1. The fourth-order valence-corrected chi connectivity index (χ4v) is 1.04. The second-order valence-electron chi connectivity index (χ2n) is 2.69. The molecule has 0 aromatic heterocycles. The molecule has 0 aliphatic rings. The summed E-state index contributed by atoms with van der Waals surface area (Å²) >= 11 is 0. The monoisotopic (exact) mass is 166 g/mol. The lowest BCUT2D eigenvalue weighted by Crippen LogP contribution is -2.29. The Balaban J connectivity index is 2.51. The van der Waals surface area contributed by atoms with Gasteiger partial charge in [0.2, 0.25) is 0 Å². The highest BCUT2D eigenvalue weighted by Crippen LogP contribution is 2.02. The smallest absolute Gasteiger partial charge is 0.0579 e. The van der Waals surface area contributed by atoms with E-state index < -0.39 is 0 Å². The van der Waals surface area contributed by atoms with Crippen LogP contribution in [0.2, 0.25) is 0 Å². The summed E-state index contributed by atoms with van der Waals surface area (Å²) in [6, 6.07) is 9.22. The van der Waals surface area contributed by atoms with E-state index in [0.29, 0.717) is 6.42 Å². The van der Waals surface area contributed by atoms with E-state index in [9.17, 15) is 5.21 Å². The summed E-state index contributed by atoms with van der Waals surface area (Å²) < 4.78 is 0. The van der Waals surface area contributed by atoms with Gasteiger partial charge in [0.1, 0.15) is 0 Å². The fraction of sp³-hybridized carbons (Fsp3) is 0.333. The predicted octanol–water partition coefficient (Wildman–Crippen LogP) is 0.677. The van der Waals surface area contributed by atoms with Gasteiger partial charge < -0.3 is 15.8 Å². The van der Waals surface area contributed by atoms with Crippen molar-refractivity contribution in [1.29, 1.82) is 0 Å². The van der Waals surface area contributed by atoms with Crippen LogP contribution in [-0.4, -0.2) is 17.8 Å². The summed E-state index contributed by atoms with van der Waals surface area (Å²) in [4.78, 5) is 0. The molecule has 66 valence electrons. The molecule has 0 fully saturated rings. The van der Waals surface area contributed by atoms with E-state index in [1.807, 2.05) is 30.3 Å². The van der Waals surface area contributed by atoms with Crippen LogP contribution in [-0.2, 0) is 6.42 Å². The summed E-state index contributed by atoms with van der Waals surface area (Å²) in [5, 5.41) is 19.0. The summed E-state index contributed by atoms with van der Waals surface area (Å²) in [6.07, 6.45) is 0.570. The van der Waals surface area contributed by atoms with Gasteiger partial charge >= 0.3 is 0 Å². The number of aliphatic hydroxyl groups excluding tert-OH is 1. The maximum absolute atomic E-state index is 10.3. The predicted molar refractivity (Wildman–Crippen MR) is 47.5 cm³/mol. The Labute approximate surface area is 71.6 Å². The van der Waals surface area contributed by atoms with E-state index >= 15 is 0 Å². The molecule has 0 heterocycles. The average molecular weight is 166 g/mol. The highest BCUT2D eigenvalue weighted by molar-refractivity contribution is 5.15. The first-order valence-electron chi connectivity index (χ1n) is 3.89.